The standard InChI is InChI=1S/C27H21F3N4O4/c1-33-22(10-11-31-33)17-13-23(38-15-17)24(35)32-18(12-16-6-2-5-9-21(16)27(28,29)30)14-34-25(36)19-7-3-4-8-20(19)26(34)37/h2-11,13,15,18H,12,14H2,1H3,(H,32,35)/t18-/m0/s1. The highest BCUT2D eigenvalue weighted by Crippen LogP contribution is 2.33. The molecular weight excluding hydrogens is 501 g/mol. The van der Waals surface area contributed by atoms with E-state index in [9.17, 15) is 27.6 Å². The van der Waals surface area contributed by atoms with Crippen molar-refractivity contribution in [3.63, 3.8) is 0 Å². The van der Waals surface area contributed by atoms with Crippen LogP contribution in [0.5, 0.6) is 0 Å². The molecule has 194 valence electrons. The summed E-state index contributed by atoms with van der Waals surface area (Å²) in [7, 11) is 1.72. The molecule has 2 aromatic carbocycles. The number of nitrogens with zero attached hydrogens (tertiary/aromatic N) is 3. The minimum atomic E-state index is -4.63. The third kappa shape index (κ3) is 4.70. The van der Waals surface area contributed by atoms with Gasteiger partial charge in [-0.05, 0) is 42.3 Å². The van der Waals surface area contributed by atoms with Crippen LogP contribution in [0.15, 0.2) is 77.5 Å². The number of furan rings is 1. The summed E-state index contributed by atoms with van der Waals surface area (Å²) in [4.78, 5) is 39.9. The first-order valence-electron chi connectivity index (χ1n) is 11.6. The lowest BCUT2D eigenvalue weighted by molar-refractivity contribution is -0.138. The number of nitrogens with one attached hydrogen (secondary N) is 1. The number of fused-ring (bicyclic) bond motifs is 1. The molecule has 0 radical (unpaired) electrons. The van der Waals surface area contributed by atoms with E-state index in [1.807, 2.05) is 0 Å². The predicted molar refractivity (Wildman–Crippen MR) is 129 cm³/mol. The van der Waals surface area contributed by atoms with Gasteiger partial charge in [-0.25, -0.2) is 0 Å². The zero-order valence-electron chi connectivity index (χ0n) is 20.0. The summed E-state index contributed by atoms with van der Waals surface area (Å²) in [6, 6.07) is 13.4. The van der Waals surface area contributed by atoms with Gasteiger partial charge in [-0.1, -0.05) is 30.3 Å². The van der Waals surface area contributed by atoms with E-state index in [0.29, 0.717) is 11.3 Å². The average Bonchev–Trinajstić information content (AvgIpc) is 3.59. The van der Waals surface area contributed by atoms with Gasteiger partial charge >= 0.3 is 6.18 Å². The average molecular weight is 522 g/mol. The summed E-state index contributed by atoms with van der Waals surface area (Å²) in [6.07, 6.45) is -1.97. The van der Waals surface area contributed by atoms with Crippen LogP contribution in [0, 0.1) is 0 Å². The van der Waals surface area contributed by atoms with Crippen LogP contribution in [0.3, 0.4) is 0 Å². The molecule has 5 rings (SSSR count). The summed E-state index contributed by atoms with van der Waals surface area (Å²) >= 11 is 0. The molecule has 0 spiro atoms. The molecular formula is C27H21F3N4O4. The lowest BCUT2D eigenvalue weighted by atomic mass is 9.99. The van der Waals surface area contributed by atoms with Crippen molar-refractivity contribution in [1.82, 2.24) is 20.0 Å². The van der Waals surface area contributed by atoms with E-state index in [0.717, 1.165) is 11.0 Å². The lowest BCUT2D eigenvalue weighted by Crippen LogP contribution is -2.47. The number of amides is 3. The Balaban J connectivity index is 1.43. The zero-order valence-corrected chi connectivity index (χ0v) is 20.0. The van der Waals surface area contributed by atoms with Gasteiger partial charge < -0.3 is 9.73 Å². The van der Waals surface area contributed by atoms with Crippen LogP contribution in [0.2, 0.25) is 0 Å². The molecule has 1 aliphatic rings. The molecule has 0 aliphatic carbocycles. The molecule has 0 bridgehead atoms. The van der Waals surface area contributed by atoms with Crippen molar-refractivity contribution in [2.75, 3.05) is 6.54 Å². The van der Waals surface area contributed by atoms with E-state index >= 15 is 0 Å². The Kier molecular flexibility index (Phi) is 6.35. The lowest BCUT2D eigenvalue weighted by Gasteiger charge is -2.25. The molecule has 3 amide bonds. The van der Waals surface area contributed by atoms with Gasteiger partial charge in [-0.15, -0.1) is 0 Å². The quantitative estimate of drug-likeness (QED) is 0.365. The van der Waals surface area contributed by atoms with Gasteiger partial charge in [0.05, 0.1) is 28.4 Å². The third-order valence-corrected chi connectivity index (χ3v) is 6.35. The smallest absolute Gasteiger partial charge is 0.416 e. The minimum Gasteiger partial charge on any atom is -0.458 e. The second kappa shape index (κ2) is 9.66. The second-order valence-electron chi connectivity index (χ2n) is 8.84. The molecule has 0 saturated heterocycles. The molecule has 1 N–H and O–H groups in total. The van der Waals surface area contributed by atoms with Gasteiger partial charge in [0.15, 0.2) is 5.76 Å². The number of aryl methyl sites for hydroxylation is 1. The van der Waals surface area contributed by atoms with Gasteiger partial charge in [0.1, 0.15) is 6.26 Å². The Bertz CT molecular complexity index is 1500. The number of hydrogen-bond acceptors (Lipinski definition) is 5. The Morgan fingerprint density at radius 1 is 1.03 bits per heavy atom. The van der Waals surface area contributed by atoms with Crippen LogP contribution >= 0.6 is 0 Å². The monoisotopic (exact) mass is 522 g/mol. The predicted octanol–water partition coefficient (Wildman–Crippen LogP) is 4.34. The van der Waals surface area contributed by atoms with Crippen molar-refractivity contribution in [3.05, 3.63) is 101 Å². The SMILES string of the molecule is Cn1nccc1-c1coc(C(=O)N[C@@H](Cc2ccccc2C(F)(F)F)CN2C(=O)c3ccccc3C2=O)c1. The third-order valence-electron chi connectivity index (χ3n) is 6.35. The molecule has 0 saturated carbocycles. The number of rotatable bonds is 7. The molecule has 11 heteroatoms. The normalized spacial score (nSPS) is 14.1. The van der Waals surface area contributed by atoms with Crippen molar-refractivity contribution >= 4 is 17.7 Å². The molecule has 8 nitrogen and oxygen atoms in total. The number of benzene rings is 2. The van der Waals surface area contributed by atoms with E-state index in [4.69, 9.17) is 4.42 Å². The summed E-state index contributed by atoms with van der Waals surface area (Å²) in [5, 5.41) is 6.73. The van der Waals surface area contributed by atoms with Crippen LogP contribution in [0.25, 0.3) is 11.3 Å². The molecule has 3 heterocycles. The maximum atomic E-state index is 13.7. The fourth-order valence-electron chi connectivity index (χ4n) is 4.53. The largest absolute Gasteiger partial charge is 0.458 e. The van der Waals surface area contributed by atoms with Crippen molar-refractivity contribution in [2.45, 2.75) is 18.6 Å². The van der Waals surface area contributed by atoms with Crippen LogP contribution < -0.4 is 5.32 Å². The van der Waals surface area contributed by atoms with Crippen LogP contribution in [0.4, 0.5) is 13.2 Å². The van der Waals surface area contributed by atoms with E-state index < -0.39 is 35.5 Å². The molecule has 1 aliphatic heterocycles. The number of aromatic nitrogens is 2. The number of halogens is 3. The van der Waals surface area contributed by atoms with Crippen LogP contribution in [-0.4, -0.2) is 45.0 Å². The number of carbonyl (C=O) groups is 3. The highest BCUT2D eigenvalue weighted by atomic mass is 19.4. The summed E-state index contributed by atoms with van der Waals surface area (Å²) in [5.41, 5.74) is 0.717. The Morgan fingerprint density at radius 2 is 1.68 bits per heavy atom. The maximum Gasteiger partial charge on any atom is 0.416 e. The molecule has 2 aromatic heterocycles. The Morgan fingerprint density at radius 3 is 2.32 bits per heavy atom. The Labute approximate surface area is 214 Å². The maximum absolute atomic E-state index is 13.7. The van der Waals surface area contributed by atoms with Crippen LogP contribution in [-0.2, 0) is 19.6 Å². The number of imide groups is 1. The summed E-state index contributed by atoms with van der Waals surface area (Å²) in [5.74, 6) is -1.95. The minimum absolute atomic E-state index is 0.0855. The molecule has 0 fully saturated rings. The summed E-state index contributed by atoms with van der Waals surface area (Å²) in [6.45, 7) is -0.334. The highest BCUT2D eigenvalue weighted by Gasteiger charge is 2.38. The molecule has 0 unspecified atom stereocenters. The fourth-order valence-corrected chi connectivity index (χ4v) is 4.53. The first kappa shape index (κ1) is 25.0. The first-order valence-corrected chi connectivity index (χ1v) is 11.6. The molecule has 38 heavy (non-hydrogen) atoms. The van der Waals surface area contributed by atoms with Gasteiger partial charge in [0, 0.05) is 25.4 Å². The number of alkyl halides is 3. The van der Waals surface area contributed by atoms with E-state index in [2.05, 4.69) is 10.4 Å². The topological polar surface area (TPSA) is 97.4 Å². The molecule has 4 aromatic rings. The van der Waals surface area contributed by atoms with Crippen molar-refractivity contribution in [3.8, 4) is 11.3 Å². The zero-order chi connectivity index (χ0) is 27.0. The van der Waals surface area contributed by atoms with Crippen molar-refractivity contribution < 1.29 is 32.0 Å². The summed E-state index contributed by atoms with van der Waals surface area (Å²) < 4.78 is 48.0. The first-order chi connectivity index (χ1) is 18.1. The van der Waals surface area contributed by atoms with Gasteiger partial charge in [0.25, 0.3) is 17.7 Å². The van der Waals surface area contributed by atoms with Crippen LogP contribution in [0.1, 0.15) is 42.4 Å². The van der Waals surface area contributed by atoms with E-state index in [1.54, 1.807) is 36.1 Å². The molecule has 1 atom stereocenters. The van der Waals surface area contributed by atoms with E-state index in [-0.39, 0.29) is 35.4 Å². The second-order valence-corrected chi connectivity index (χ2v) is 8.84. The van der Waals surface area contributed by atoms with Crippen molar-refractivity contribution in [2.24, 2.45) is 7.05 Å². The van der Waals surface area contributed by atoms with E-state index in [1.165, 1.54) is 42.7 Å². The van der Waals surface area contributed by atoms with Gasteiger partial charge in [-0.2, -0.15) is 18.3 Å². The Hall–Kier alpha value is -4.67. The number of carbonyl (C=O) groups excluding carboxylic acids is 3. The van der Waals surface area contributed by atoms with Gasteiger partial charge in [-0.3, -0.25) is 24.0 Å². The highest BCUT2D eigenvalue weighted by molar-refractivity contribution is 6.21. The van der Waals surface area contributed by atoms with Gasteiger partial charge in [0.2, 0.25) is 0 Å². The fraction of sp³-hybridized carbons (Fsp3) is 0.185. The number of hydrogen-bond donors (Lipinski definition) is 1. The van der Waals surface area contributed by atoms with Crippen molar-refractivity contribution in [1.29, 1.82) is 0 Å².